The second-order valence-electron chi connectivity index (χ2n) is 7.25. The molecule has 7 heteroatoms. The van der Waals surface area contributed by atoms with Crippen LogP contribution in [0.3, 0.4) is 0 Å². The van der Waals surface area contributed by atoms with Crippen molar-refractivity contribution in [1.29, 1.82) is 0 Å². The summed E-state index contributed by atoms with van der Waals surface area (Å²) < 4.78 is 26.6. The number of carbonyl (C=O) groups excluding carboxylic acids is 1. The van der Waals surface area contributed by atoms with Crippen LogP contribution < -0.4 is 23.7 Å². The van der Waals surface area contributed by atoms with Crippen LogP contribution in [0.4, 0.5) is 0 Å². The van der Waals surface area contributed by atoms with Gasteiger partial charge in [-0.15, -0.1) is 0 Å². The lowest BCUT2D eigenvalue weighted by Crippen LogP contribution is -2.12. The lowest BCUT2D eigenvalue weighted by Gasteiger charge is -2.18. The first-order valence-electron chi connectivity index (χ1n) is 10.2. The van der Waals surface area contributed by atoms with E-state index in [1.165, 1.54) is 14.2 Å². The number of ketones is 1. The summed E-state index contributed by atoms with van der Waals surface area (Å²) in [7, 11) is 7.60. The van der Waals surface area contributed by atoms with E-state index in [9.17, 15) is 9.90 Å². The second kappa shape index (κ2) is 10.1. The Balaban J connectivity index is 1.98. The Kier molecular flexibility index (Phi) is 7.30. The summed E-state index contributed by atoms with van der Waals surface area (Å²) in [4.78, 5) is 13.2. The average molecular weight is 440 g/mol. The molecule has 32 heavy (non-hydrogen) atoms. The Morgan fingerprint density at radius 2 is 1.09 bits per heavy atom. The molecule has 1 N–H and O–H groups in total. The SMILES string of the molecule is COc1cc(/C=C2\CCC/C(=C\c3cc(OC)c(OC)c(OC)c3)C2=O)cc(OC)c1O. The summed E-state index contributed by atoms with van der Waals surface area (Å²) in [6, 6.07) is 6.98. The molecule has 7 nitrogen and oxygen atoms in total. The van der Waals surface area contributed by atoms with Gasteiger partial charge in [0.1, 0.15) is 0 Å². The van der Waals surface area contributed by atoms with Gasteiger partial charge in [-0.25, -0.2) is 0 Å². The van der Waals surface area contributed by atoms with Crippen LogP contribution in [0.1, 0.15) is 30.4 Å². The number of Topliss-reactive ketones (excluding diaryl/α,β-unsaturated/α-hetero) is 1. The minimum atomic E-state index is -0.0740. The number of carbonyl (C=O) groups is 1. The summed E-state index contributed by atoms with van der Waals surface area (Å²) in [6.07, 6.45) is 5.86. The molecule has 1 saturated carbocycles. The third-order valence-electron chi connectivity index (χ3n) is 5.35. The largest absolute Gasteiger partial charge is 0.502 e. The fourth-order valence-corrected chi connectivity index (χ4v) is 3.76. The fraction of sp³-hybridized carbons (Fsp3) is 0.320. The molecule has 2 aromatic rings. The van der Waals surface area contributed by atoms with Gasteiger partial charge in [-0.3, -0.25) is 4.79 Å². The molecule has 0 amide bonds. The Labute approximate surface area is 187 Å². The van der Waals surface area contributed by atoms with Crippen LogP contribution in [0.15, 0.2) is 35.4 Å². The molecule has 0 spiro atoms. The first-order valence-corrected chi connectivity index (χ1v) is 10.2. The summed E-state index contributed by atoms with van der Waals surface area (Å²) in [6.45, 7) is 0. The van der Waals surface area contributed by atoms with Crippen molar-refractivity contribution in [3.05, 3.63) is 46.5 Å². The number of phenolic OH excluding ortho intramolecular Hbond substituents is 1. The van der Waals surface area contributed by atoms with E-state index < -0.39 is 0 Å². The third kappa shape index (κ3) is 4.66. The Morgan fingerprint density at radius 3 is 1.47 bits per heavy atom. The first-order chi connectivity index (χ1) is 15.4. The maximum absolute atomic E-state index is 13.2. The lowest BCUT2D eigenvalue weighted by atomic mass is 9.86. The maximum Gasteiger partial charge on any atom is 0.203 e. The van der Waals surface area contributed by atoms with Gasteiger partial charge in [-0.1, -0.05) is 0 Å². The van der Waals surface area contributed by atoms with Crippen LogP contribution in [-0.4, -0.2) is 46.4 Å². The van der Waals surface area contributed by atoms with Crippen molar-refractivity contribution in [2.24, 2.45) is 0 Å². The number of methoxy groups -OCH3 is 5. The number of ether oxygens (including phenoxy) is 5. The number of benzene rings is 2. The molecule has 0 unspecified atom stereocenters. The van der Waals surface area contributed by atoms with Crippen molar-refractivity contribution in [3.8, 4) is 34.5 Å². The highest BCUT2D eigenvalue weighted by Crippen LogP contribution is 2.40. The average Bonchev–Trinajstić information content (AvgIpc) is 2.81. The fourth-order valence-electron chi connectivity index (χ4n) is 3.76. The van der Waals surface area contributed by atoms with Gasteiger partial charge in [-0.05, 0) is 66.8 Å². The maximum atomic E-state index is 13.2. The van der Waals surface area contributed by atoms with Gasteiger partial charge in [0.25, 0.3) is 0 Å². The van der Waals surface area contributed by atoms with E-state index in [0.717, 1.165) is 12.0 Å². The number of hydrogen-bond acceptors (Lipinski definition) is 7. The summed E-state index contributed by atoms with van der Waals surface area (Å²) in [5.74, 6) is 2.04. The number of aromatic hydroxyl groups is 1. The molecule has 0 saturated heterocycles. The van der Waals surface area contributed by atoms with Crippen LogP contribution in [0.25, 0.3) is 12.2 Å². The number of rotatable bonds is 7. The Hall–Kier alpha value is -3.61. The molecule has 0 heterocycles. The summed E-state index contributed by atoms with van der Waals surface area (Å²) >= 11 is 0. The van der Waals surface area contributed by atoms with Crippen LogP contribution in [0.2, 0.25) is 0 Å². The van der Waals surface area contributed by atoms with Gasteiger partial charge < -0.3 is 28.8 Å². The van der Waals surface area contributed by atoms with Crippen molar-refractivity contribution >= 4 is 17.9 Å². The zero-order chi connectivity index (χ0) is 23.3. The molecular formula is C25H28O7. The van der Waals surface area contributed by atoms with E-state index >= 15 is 0 Å². The first kappa shape index (κ1) is 23.1. The smallest absolute Gasteiger partial charge is 0.203 e. The Morgan fingerprint density at radius 1 is 0.688 bits per heavy atom. The van der Waals surface area contributed by atoms with Crippen molar-refractivity contribution in [2.45, 2.75) is 19.3 Å². The van der Waals surface area contributed by atoms with Gasteiger partial charge in [0, 0.05) is 11.1 Å². The van der Waals surface area contributed by atoms with Crippen molar-refractivity contribution < 1.29 is 33.6 Å². The molecule has 1 aliphatic carbocycles. The van der Waals surface area contributed by atoms with Gasteiger partial charge in [0.2, 0.25) is 11.5 Å². The van der Waals surface area contributed by atoms with E-state index in [0.29, 0.717) is 46.8 Å². The second-order valence-corrected chi connectivity index (χ2v) is 7.25. The standard InChI is InChI=1S/C25H28O7/c1-28-19-11-15(12-20(29-2)24(19)27)9-17-7-6-8-18(23(17)26)10-16-13-21(30-3)25(32-5)22(14-16)31-4/h9-14,27H,6-8H2,1-5H3/b17-9+,18-10+. The minimum Gasteiger partial charge on any atom is -0.502 e. The van der Waals surface area contributed by atoms with Gasteiger partial charge in [0.15, 0.2) is 28.8 Å². The topological polar surface area (TPSA) is 83.5 Å². The van der Waals surface area contributed by atoms with Crippen molar-refractivity contribution in [2.75, 3.05) is 35.5 Å². The van der Waals surface area contributed by atoms with Crippen LogP contribution >= 0.6 is 0 Å². The molecule has 0 aromatic heterocycles. The van der Waals surface area contributed by atoms with Crippen LogP contribution in [0.5, 0.6) is 34.5 Å². The molecule has 1 aliphatic rings. The number of phenols is 1. The molecule has 170 valence electrons. The third-order valence-corrected chi connectivity index (χ3v) is 5.35. The lowest BCUT2D eigenvalue weighted by molar-refractivity contribution is -0.112. The van der Waals surface area contributed by atoms with Gasteiger partial charge in [-0.2, -0.15) is 0 Å². The van der Waals surface area contributed by atoms with Crippen molar-refractivity contribution in [1.82, 2.24) is 0 Å². The Bertz CT molecular complexity index is 1020. The van der Waals surface area contributed by atoms with Crippen LogP contribution in [-0.2, 0) is 4.79 Å². The highest BCUT2D eigenvalue weighted by Gasteiger charge is 2.22. The zero-order valence-corrected chi connectivity index (χ0v) is 19.0. The highest BCUT2D eigenvalue weighted by molar-refractivity contribution is 6.14. The molecule has 3 rings (SSSR count). The van der Waals surface area contributed by atoms with Gasteiger partial charge in [0.05, 0.1) is 35.5 Å². The predicted octanol–water partition coefficient (Wildman–Crippen LogP) is 4.66. The summed E-state index contributed by atoms with van der Waals surface area (Å²) in [5, 5.41) is 10.1. The normalized spacial score (nSPS) is 16.2. The number of allylic oxidation sites excluding steroid dienone is 2. The quantitative estimate of drug-likeness (QED) is 0.627. The molecule has 0 bridgehead atoms. The zero-order valence-electron chi connectivity index (χ0n) is 19.0. The monoisotopic (exact) mass is 440 g/mol. The van der Waals surface area contributed by atoms with E-state index in [-0.39, 0.29) is 23.0 Å². The van der Waals surface area contributed by atoms with Crippen molar-refractivity contribution in [3.63, 3.8) is 0 Å². The van der Waals surface area contributed by atoms with E-state index in [1.807, 2.05) is 24.3 Å². The highest BCUT2D eigenvalue weighted by atomic mass is 16.5. The van der Waals surface area contributed by atoms with E-state index in [2.05, 4.69) is 0 Å². The predicted molar refractivity (Wildman–Crippen MR) is 122 cm³/mol. The molecule has 1 fully saturated rings. The van der Waals surface area contributed by atoms with Crippen LogP contribution in [0, 0.1) is 0 Å². The molecular weight excluding hydrogens is 412 g/mol. The molecule has 0 aliphatic heterocycles. The van der Waals surface area contributed by atoms with Gasteiger partial charge >= 0.3 is 0 Å². The van der Waals surface area contributed by atoms with E-state index in [1.54, 1.807) is 33.5 Å². The molecule has 0 atom stereocenters. The van der Waals surface area contributed by atoms with E-state index in [4.69, 9.17) is 23.7 Å². The molecule has 0 radical (unpaired) electrons. The minimum absolute atomic E-state index is 0.0176. The summed E-state index contributed by atoms with van der Waals surface area (Å²) in [5.41, 5.74) is 2.89. The number of hydrogen-bond donors (Lipinski definition) is 1. The molecule has 2 aromatic carbocycles.